The molecule has 0 aliphatic heterocycles. The summed E-state index contributed by atoms with van der Waals surface area (Å²) in [5.74, 6) is 1.54. The number of anilines is 1. The van der Waals surface area contributed by atoms with Crippen LogP contribution in [-0.2, 0) is 17.6 Å². The van der Waals surface area contributed by atoms with E-state index in [2.05, 4.69) is 17.3 Å². The average Bonchev–Trinajstić information content (AvgIpc) is 3.07. The number of thioether (sulfide) groups is 1. The quantitative estimate of drug-likeness (QED) is 0.564. The summed E-state index contributed by atoms with van der Waals surface area (Å²) in [5, 5.41) is 7.11. The van der Waals surface area contributed by atoms with Crippen LogP contribution in [0, 0.1) is 5.82 Å². The fraction of sp³-hybridized carbons (Fsp3) is 0.182. The predicted molar refractivity (Wildman–Crippen MR) is 115 cm³/mol. The number of hydrogen-bond donors (Lipinski definition) is 1. The number of amides is 1. The molecule has 0 radical (unpaired) electrons. The minimum absolute atomic E-state index is 0.218. The Kier molecular flexibility index (Phi) is 6.66. The third-order valence-electron chi connectivity index (χ3n) is 4.19. The number of carbonyl (C=O) groups is 1. The molecule has 4 nitrogen and oxygen atoms in total. The Morgan fingerprint density at radius 3 is 2.57 bits per heavy atom. The van der Waals surface area contributed by atoms with Crippen LogP contribution in [0.3, 0.4) is 0 Å². The summed E-state index contributed by atoms with van der Waals surface area (Å²) in [6.07, 6.45) is 4.88. The van der Waals surface area contributed by atoms with Crippen molar-refractivity contribution in [1.29, 1.82) is 0 Å². The summed E-state index contributed by atoms with van der Waals surface area (Å²) in [6, 6.07) is 14.1. The number of rotatable bonds is 7. The first-order chi connectivity index (χ1) is 13.6. The van der Waals surface area contributed by atoms with Crippen molar-refractivity contribution < 1.29 is 9.18 Å². The highest BCUT2D eigenvalue weighted by atomic mass is 32.2. The molecule has 0 saturated heterocycles. The Morgan fingerprint density at radius 2 is 1.89 bits per heavy atom. The molecule has 0 aliphatic rings. The molecule has 2 aromatic carbocycles. The Balaban J connectivity index is 1.68. The van der Waals surface area contributed by atoms with Crippen LogP contribution >= 0.6 is 11.8 Å². The number of carbonyl (C=O) groups excluding carboxylic acids is 1. The molecule has 0 unspecified atom stereocenters. The van der Waals surface area contributed by atoms with Gasteiger partial charge in [-0.15, -0.1) is 0 Å². The van der Waals surface area contributed by atoms with Gasteiger partial charge in [-0.1, -0.05) is 19.1 Å². The third-order valence-corrected chi connectivity index (χ3v) is 5.14. The SMILES string of the molecule is CCSCc1ccc(NC(=O)/C=C/c2cnn(C)c2-c2ccc(F)cc2)cc1. The van der Waals surface area contributed by atoms with E-state index in [1.54, 1.807) is 29.1 Å². The van der Waals surface area contributed by atoms with E-state index in [1.807, 2.05) is 43.1 Å². The second-order valence-corrected chi connectivity index (χ2v) is 7.51. The molecule has 1 heterocycles. The Morgan fingerprint density at radius 1 is 1.18 bits per heavy atom. The monoisotopic (exact) mass is 395 g/mol. The fourth-order valence-corrected chi connectivity index (χ4v) is 3.42. The zero-order valence-electron chi connectivity index (χ0n) is 15.9. The van der Waals surface area contributed by atoms with Gasteiger partial charge in [0.15, 0.2) is 0 Å². The first-order valence-corrected chi connectivity index (χ1v) is 10.2. The highest BCUT2D eigenvalue weighted by Gasteiger charge is 2.09. The van der Waals surface area contributed by atoms with E-state index in [1.165, 1.54) is 23.8 Å². The number of aryl methyl sites for hydroxylation is 1. The van der Waals surface area contributed by atoms with E-state index in [9.17, 15) is 9.18 Å². The largest absolute Gasteiger partial charge is 0.323 e. The summed E-state index contributed by atoms with van der Waals surface area (Å²) in [4.78, 5) is 12.3. The summed E-state index contributed by atoms with van der Waals surface area (Å²) >= 11 is 1.86. The van der Waals surface area contributed by atoms with Crippen molar-refractivity contribution in [3.63, 3.8) is 0 Å². The second kappa shape index (κ2) is 9.37. The van der Waals surface area contributed by atoms with Crippen LogP contribution in [0.15, 0.2) is 60.8 Å². The third kappa shape index (κ3) is 5.10. The van der Waals surface area contributed by atoms with Crippen LogP contribution in [0.2, 0.25) is 0 Å². The first kappa shape index (κ1) is 19.9. The van der Waals surface area contributed by atoms with E-state index in [0.29, 0.717) is 0 Å². The molecular formula is C22H22FN3OS. The lowest BCUT2D eigenvalue weighted by atomic mass is 10.1. The Hall–Kier alpha value is -2.86. The lowest BCUT2D eigenvalue weighted by Gasteiger charge is -2.05. The molecule has 0 spiro atoms. The topological polar surface area (TPSA) is 46.9 Å². The molecule has 0 saturated carbocycles. The average molecular weight is 396 g/mol. The predicted octanol–water partition coefficient (Wildman–Crippen LogP) is 5.13. The normalized spacial score (nSPS) is 11.1. The van der Waals surface area contributed by atoms with Gasteiger partial charge in [0.25, 0.3) is 0 Å². The van der Waals surface area contributed by atoms with Gasteiger partial charge in [-0.3, -0.25) is 9.48 Å². The molecule has 0 atom stereocenters. The zero-order valence-corrected chi connectivity index (χ0v) is 16.7. The van der Waals surface area contributed by atoms with Crippen molar-refractivity contribution >= 4 is 29.4 Å². The van der Waals surface area contributed by atoms with Crippen molar-refractivity contribution in [2.24, 2.45) is 7.05 Å². The summed E-state index contributed by atoms with van der Waals surface area (Å²) < 4.78 is 14.9. The van der Waals surface area contributed by atoms with Gasteiger partial charge in [0, 0.05) is 35.7 Å². The van der Waals surface area contributed by atoms with Gasteiger partial charge in [0.05, 0.1) is 11.9 Å². The van der Waals surface area contributed by atoms with Crippen LogP contribution in [0.25, 0.3) is 17.3 Å². The maximum Gasteiger partial charge on any atom is 0.248 e. The van der Waals surface area contributed by atoms with E-state index in [-0.39, 0.29) is 11.7 Å². The first-order valence-electron chi connectivity index (χ1n) is 9.00. The number of nitrogens with zero attached hydrogens (tertiary/aromatic N) is 2. The van der Waals surface area contributed by atoms with Crippen LogP contribution in [0.4, 0.5) is 10.1 Å². The molecule has 1 amide bonds. The summed E-state index contributed by atoms with van der Waals surface area (Å²) in [7, 11) is 1.81. The highest BCUT2D eigenvalue weighted by Crippen LogP contribution is 2.24. The van der Waals surface area contributed by atoms with Crippen LogP contribution < -0.4 is 5.32 Å². The zero-order chi connectivity index (χ0) is 19.9. The van der Waals surface area contributed by atoms with E-state index >= 15 is 0 Å². The Labute approximate surface area is 168 Å². The van der Waals surface area contributed by atoms with Crippen molar-refractivity contribution in [2.45, 2.75) is 12.7 Å². The van der Waals surface area contributed by atoms with Gasteiger partial charge < -0.3 is 5.32 Å². The molecule has 0 fully saturated rings. The van der Waals surface area contributed by atoms with Gasteiger partial charge in [0.2, 0.25) is 5.91 Å². The maximum absolute atomic E-state index is 13.2. The second-order valence-electron chi connectivity index (χ2n) is 6.24. The van der Waals surface area contributed by atoms with Crippen molar-refractivity contribution in [3.8, 4) is 11.3 Å². The van der Waals surface area contributed by atoms with Crippen LogP contribution in [-0.4, -0.2) is 21.4 Å². The lowest BCUT2D eigenvalue weighted by molar-refractivity contribution is -0.111. The molecule has 1 aromatic heterocycles. The number of nitrogens with one attached hydrogen (secondary N) is 1. The molecule has 1 N–H and O–H groups in total. The van der Waals surface area contributed by atoms with E-state index < -0.39 is 0 Å². The van der Waals surface area contributed by atoms with Crippen molar-refractivity contribution in [3.05, 3.63) is 77.7 Å². The van der Waals surface area contributed by atoms with Crippen LogP contribution in [0.5, 0.6) is 0 Å². The molecular weight excluding hydrogens is 373 g/mol. The minimum Gasteiger partial charge on any atom is -0.323 e. The molecule has 0 bridgehead atoms. The van der Waals surface area contributed by atoms with Gasteiger partial charge >= 0.3 is 0 Å². The number of halogens is 1. The van der Waals surface area contributed by atoms with E-state index in [0.717, 1.165) is 34.0 Å². The number of hydrogen-bond acceptors (Lipinski definition) is 3. The molecule has 3 rings (SSSR count). The minimum atomic E-state index is -0.290. The molecule has 28 heavy (non-hydrogen) atoms. The highest BCUT2D eigenvalue weighted by molar-refractivity contribution is 7.98. The van der Waals surface area contributed by atoms with Crippen LogP contribution in [0.1, 0.15) is 18.1 Å². The summed E-state index contributed by atoms with van der Waals surface area (Å²) in [5.41, 5.74) is 4.43. The Bertz CT molecular complexity index is 962. The van der Waals surface area contributed by atoms with Crippen molar-refractivity contribution in [2.75, 3.05) is 11.1 Å². The number of benzene rings is 2. The fourth-order valence-electron chi connectivity index (χ4n) is 2.79. The van der Waals surface area contributed by atoms with Gasteiger partial charge in [-0.2, -0.15) is 16.9 Å². The molecule has 6 heteroatoms. The van der Waals surface area contributed by atoms with Gasteiger partial charge in [0.1, 0.15) is 5.82 Å². The van der Waals surface area contributed by atoms with Crippen molar-refractivity contribution in [1.82, 2.24) is 9.78 Å². The van der Waals surface area contributed by atoms with Gasteiger partial charge in [-0.05, 0) is 53.8 Å². The van der Waals surface area contributed by atoms with E-state index in [4.69, 9.17) is 0 Å². The maximum atomic E-state index is 13.2. The molecule has 3 aromatic rings. The number of aromatic nitrogens is 2. The standard InChI is InChI=1S/C22H22FN3OS/c1-3-28-15-16-4-11-20(12-5-16)25-21(27)13-8-18-14-24-26(2)22(18)17-6-9-19(23)10-7-17/h4-14H,3,15H2,1-2H3,(H,25,27)/b13-8+. The summed E-state index contributed by atoms with van der Waals surface area (Å²) in [6.45, 7) is 2.13. The smallest absolute Gasteiger partial charge is 0.248 e. The molecule has 0 aliphatic carbocycles. The lowest BCUT2D eigenvalue weighted by Crippen LogP contribution is -2.07. The van der Waals surface area contributed by atoms with Gasteiger partial charge in [-0.25, -0.2) is 4.39 Å². The molecule has 144 valence electrons.